The van der Waals surface area contributed by atoms with Gasteiger partial charge in [0.15, 0.2) is 0 Å². The second kappa shape index (κ2) is 11.6. The minimum absolute atomic E-state index is 0.00276. The number of anilines is 1. The van der Waals surface area contributed by atoms with Crippen LogP contribution in [0.1, 0.15) is 62.4 Å². The molecule has 0 amide bonds. The van der Waals surface area contributed by atoms with Crippen LogP contribution in [0.15, 0.2) is 47.7 Å². The summed E-state index contributed by atoms with van der Waals surface area (Å²) in [6.45, 7) is 10.2. The standard InChI is InChI=1S/C33H39ClN8O2/c1-5-40-32-27(17-36-42(32)24-10-13-44-19-24)30-25(14-20(2)15-26(30)33(40)43)21(3)37-28-6-7-29(34)38-31(28)22-16-35-41(18-22)23-8-11-39(4)12-9-23/h6-7,14-18,21,23-24,37H,5,8-13,19H2,1-4H3/t21?,24-/m0/s1. The first kappa shape index (κ1) is 29.0. The summed E-state index contributed by atoms with van der Waals surface area (Å²) in [5.74, 6) is 0. The lowest BCUT2D eigenvalue weighted by molar-refractivity contribution is 0.185. The van der Waals surface area contributed by atoms with Crippen LogP contribution < -0.4 is 10.9 Å². The number of ether oxygens (including phenoxy) is 1. The Morgan fingerprint density at radius 2 is 1.91 bits per heavy atom. The fourth-order valence-corrected chi connectivity index (χ4v) is 7.09. The number of nitrogens with zero attached hydrogens (tertiary/aromatic N) is 7. The van der Waals surface area contributed by atoms with Crippen molar-refractivity contribution in [2.24, 2.45) is 0 Å². The molecule has 1 N–H and O–H groups in total. The molecule has 5 aromatic rings. The summed E-state index contributed by atoms with van der Waals surface area (Å²) in [5.41, 5.74) is 5.46. The summed E-state index contributed by atoms with van der Waals surface area (Å²) < 4.78 is 11.6. The molecule has 0 spiro atoms. The molecule has 2 saturated heterocycles. The Bertz CT molecular complexity index is 1900. The first-order valence-corrected chi connectivity index (χ1v) is 16.0. The van der Waals surface area contributed by atoms with Crippen LogP contribution in [0, 0.1) is 6.92 Å². The van der Waals surface area contributed by atoms with Crippen LogP contribution in [-0.4, -0.2) is 67.4 Å². The highest BCUT2D eigenvalue weighted by Crippen LogP contribution is 2.36. The Morgan fingerprint density at radius 3 is 2.66 bits per heavy atom. The summed E-state index contributed by atoms with van der Waals surface area (Å²) in [7, 11) is 2.16. The van der Waals surface area contributed by atoms with Crippen LogP contribution >= 0.6 is 11.6 Å². The number of pyridine rings is 2. The van der Waals surface area contributed by atoms with Crippen molar-refractivity contribution in [1.82, 2.24) is 34.0 Å². The van der Waals surface area contributed by atoms with E-state index in [0.717, 1.165) is 76.8 Å². The second-order valence-electron chi connectivity index (χ2n) is 12.3. The molecule has 0 bridgehead atoms. The molecule has 2 atom stereocenters. The molecule has 7 rings (SSSR count). The normalized spacial score (nSPS) is 18.9. The molecule has 1 unspecified atom stereocenters. The largest absolute Gasteiger partial charge is 0.379 e. The first-order valence-electron chi connectivity index (χ1n) is 15.6. The number of hydrogen-bond donors (Lipinski definition) is 1. The topological polar surface area (TPSA) is 95.0 Å². The van der Waals surface area contributed by atoms with Crippen LogP contribution in [0.25, 0.3) is 33.1 Å². The van der Waals surface area contributed by atoms with Crippen molar-refractivity contribution in [2.75, 3.05) is 38.7 Å². The molecular weight excluding hydrogens is 576 g/mol. The number of likely N-dealkylation sites (tertiary alicyclic amines) is 1. The van der Waals surface area contributed by atoms with Gasteiger partial charge in [0.25, 0.3) is 5.56 Å². The third-order valence-corrected chi connectivity index (χ3v) is 9.50. The number of piperidine rings is 1. The summed E-state index contributed by atoms with van der Waals surface area (Å²) in [6.07, 6.45) is 8.91. The fourth-order valence-electron chi connectivity index (χ4n) is 6.95. The number of aryl methyl sites for hydroxylation is 2. The van der Waals surface area contributed by atoms with Gasteiger partial charge in [-0.3, -0.25) is 14.0 Å². The highest BCUT2D eigenvalue weighted by atomic mass is 35.5. The zero-order valence-electron chi connectivity index (χ0n) is 25.8. The molecule has 6 heterocycles. The van der Waals surface area contributed by atoms with Crippen molar-refractivity contribution in [3.8, 4) is 11.3 Å². The molecule has 230 valence electrons. The number of fused-ring (bicyclic) bond motifs is 3. The average Bonchev–Trinajstić information content (AvgIpc) is 3.80. The van der Waals surface area contributed by atoms with Gasteiger partial charge in [0.1, 0.15) is 10.8 Å². The van der Waals surface area contributed by atoms with Gasteiger partial charge in [0, 0.05) is 47.1 Å². The Morgan fingerprint density at radius 1 is 1.09 bits per heavy atom. The van der Waals surface area contributed by atoms with Crippen LogP contribution in [0.5, 0.6) is 0 Å². The van der Waals surface area contributed by atoms with Crippen molar-refractivity contribution in [2.45, 2.75) is 64.7 Å². The van der Waals surface area contributed by atoms with Gasteiger partial charge < -0.3 is 15.0 Å². The van der Waals surface area contributed by atoms with Gasteiger partial charge in [-0.2, -0.15) is 10.2 Å². The third kappa shape index (κ3) is 5.08. The quantitative estimate of drug-likeness (QED) is 0.225. The molecule has 10 nitrogen and oxygen atoms in total. The molecule has 0 radical (unpaired) electrons. The van der Waals surface area contributed by atoms with Gasteiger partial charge in [-0.25, -0.2) is 9.67 Å². The predicted molar refractivity (Wildman–Crippen MR) is 175 cm³/mol. The number of nitrogens with one attached hydrogen (secondary N) is 1. The average molecular weight is 615 g/mol. The van der Waals surface area contributed by atoms with E-state index in [9.17, 15) is 4.79 Å². The van der Waals surface area contributed by atoms with E-state index in [0.29, 0.717) is 36.3 Å². The van der Waals surface area contributed by atoms with Crippen LogP contribution in [0.2, 0.25) is 5.15 Å². The molecule has 2 aliphatic rings. The predicted octanol–water partition coefficient (Wildman–Crippen LogP) is 5.99. The summed E-state index contributed by atoms with van der Waals surface area (Å²) in [6, 6.07) is 8.30. The van der Waals surface area contributed by atoms with Crippen molar-refractivity contribution in [1.29, 1.82) is 0 Å². The van der Waals surface area contributed by atoms with Gasteiger partial charge >= 0.3 is 0 Å². The lowest BCUT2D eigenvalue weighted by atomic mass is 9.95. The Hall–Kier alpha value is -3.73. The maximum atomic E-state index is 14.0. The van der Waals surface area contributed by atoms with Crippen molar-refractivity contribution < 1.29 is 4.74 Å². The number of halogens is 1. The molecule has 0 saturated carbocycles. The van der Waals surface area contributed by atoms with Gasteiger partial charge in [-0.05, 0) is 89.5 Å². The van der Waals surface area contributed by atoms with Gasteiger partial charge in [0.05, 0.1) is 42.5 Å². The van der Waals surface area contributed by atoms with E-state index in [4.69, 9.17) is 31.5 Å². The highest BCUT2D eigenvalue weighted by molar-refractivity contribution is 6.29. The molecule has 0 aliphatic carbocycles. The lowest BCUT2D eigenvalue weighted by Crippen LogP contribution is -2.31. The van der Waals surface area contributed by atoms with Crippen LogP contribution in [-0.2, 0) is 11.3 Å². The minimum Gasteiger partial charge on any atom is -0.379 e. The molecule has 2 aliphatic heterocycles. The van der Waals surface area contributed by atoms with Gasteiger partial charge in [-0.1, -0.05) is 17.7 Å². The van der Waals surface area contributed by atoms with Crippen molar-refractivity contribution in [3.05, 3.63) is 69.5 Å². The summed E-state index contributed by atoms with van der Waals surface area (Å²) in [4.78, 5) is 21.1. The van der Waals surface area contributed by atoms with E-state index >= 15 is 0 Å². The van der Waals surface area contributed by atoms with Gasteiger partial charge in [-0.15, -0.1) is 0 Å². The summed E-state index contributed by atoms with van der Waals surface area (Å²) in [5, 5.41) is 16.3. The van der Waals surface area contributed by atoms with E-state index in [2.05, 4.69) is 41.1 Å². The van der Waals surface area contributed by atoms with E-state index in [-0.39, 0.29) is 17.6 Å². The maximum Gasteiger partial charge on any atom is 0.260 e. The van der Waals surface area contributed by atoms with E-state index in [1.54, 1.807) is 0 Å². The fraction of sp³-hybridized carbons (Fsp3) is 0.455. The number of hydrogen-bond acceptors (Lipinski definition) is 7. The van der Waals surface area contributed by atoms with Crippen LogP contribution in [0.4, 0.5) is 5.69 Å². The monoisotopic (exact) mass is 614 g/mol. The zero-order valence-corrected chi connectivity index (χ0v) is 26.5. The molecule has 2 fully saturated rings. The lowest BCUT2D eigenvalue weighted by Gasteiger charge is -2.29. The Balaban J connectivity index is 1.30. The maximum absolute atomic E-state index is 14.0. The molecule has 1 aromatic carbocycles. The molecular formula is C33H39ClN8O2. The number of aromatic nitrogens is 6. The number of benzene rings is 1. The number of rotatable bonds is 7. The highest BCUT2D eigenvalue weighted by Gasteiger charge is 2.26. The molecule has 11 heteroatoms. The smallest absolute Gasteiger partial charge is 0.260 e. The molecule has 4 aromatic heterocycles. The third-order valence-electron chi connectivity index (χ3n) is 9.29. The van der Waals surface area contributed by atoms with E-state index in [1.165, 1.54) is 0 Å². The van der Waals surface area contributed by atoms with E-state index in [1.807, 2.05) is 53.7 Å². The first-order chi connectivity index (χ1) is 21.3. The zero-order chi connectivity index (χ0) is 30.5. The van der Waals surface area contributed by atoms with Crippen molar-refractivity contribution >= 4 is 39.1 Å². The minimum atomic E-state index is -0.152. The van der Waals surface area contributed by atoms with E-state index < -0.39 is 0 Å². The Kier molecular flexibility index (Phi) is 7.68. The van der Waals surface area contributed by atoms with Crippen LogP contribution in [0.3, 0.4) is 0 Å². The summed E-state index contributed by atoms with van der Waals surface area (Å²) >= 11 is 6.43. The van der Waals surface area contributed by atoms with Gasteiger partial charge in [0.2, 0.25) is 0 Å². The second-order valence-corrected chi connectivity index (χ2v) is 12.7. The molecule has 44 heavy (non-hydrogen) atoms. The Labute approximate surface area is 261 Å². The van der Waals surface area contributed by atoms with Crippen molar-refractivity contribution in [3.63, 3.8) is 0 Å². The SMILES string of the molecule is CCn1c(=O)c2cc(C)cc(C(C)Nc3ccc(Cl)nc3-c3cnn(C4CCN(C)CC4)c3)c2c2cnn([C@H]3CCOC3)c21.